The fraction of sp³-hybridized carbons (Fsp3) is 0.192. The zero-order valence-electron chi connectivity index (χ0n) is 19.6. The highest BCUT2D eigenvalue weighted by Crippen LogP contribution is 2.37. The predicted molar refractivity (Wildman–Crippen MR) is 131 cm³/mol. The van der Waals surface area contributed by atoms with Crippen LogP contribution in [0.5, 0.6) is 23.1 Å². The molecule has 4 aromatic rings. The molecule has 180 valence electrons. The van der Waals surface area contributed by atoms with Gasteiger partial charge in [-0.3, -0.25) is 14.7 Å². The molecule has 1 N–H and O–H groups in total. The van der Waals surface area contributed by atoms with E-state index in [0.717, 1.165) is 5.56 Å². The second-order valence-corrected chi connectivity index (χ2v) is 7.85. The summed E-state index contributed by atoms with van der Waals surface area (Å²) in [6.07, 6.45) is 2.89. The first kappa shape index (κ1) is 23.9. The summed E-state index contributed by atoms with van der Waals surface area (Å²) < 4.78 is 31.2. The van der Waals surface area contributed by atoms with E-state index in [-0.39, 0.29) is 24.0 Å². The summed E-state index contributed by atoms with van der Waals surface area (Å²) >= 11 is 0. The van der Waals surface area contributed by atoms with Crippen molar-refractivity contribution in [3.8, 4) is 23.1 Å². The van der Waals surface area contributed by atoms with Crippen molar-refractivity contribution in [2.24, 2.45) is 0 Å². The van der Waals surface area contributed by atoms with Gasteiger partial charge < -0.3 is 19.5 Å². The third kappa shape index (κ3) is 5.82. The number of carbonyl (C=O) groups excluding carboxylic acids is 1. The first-order valence-corrected chi connectivity index (χ1v) is 10.8. The third-order valence-corrected chi connectivity index (χ3v) is 5.21. The van der Waals surface area contributed by atoms with Crippen LogP contribution in [0, 0.1) is 5.82 Å². The van der Waals surface area contributed by atoms with Gasteiger partial charge in [0, 0.05) is 30.3 Å². The van der Waals surface area contributed by atoms with Crippen molar-refractivity contribution in [3.05, 3.63) is 78.4 Å². The SMILES string of the molecule is COc1cc2nccc(Oc3ncc(NC(=O)CN(C)Cc4ccccc4)cc3F)c2cc1OC. The summed E-state index contributed by atoms with van der Waals surface area (Å²) in [7, 11) is 4.89. The number of ether oxygens (including phenoxy) is 3. The van der Waals surface area contributed by atoms with Crippen molar-refractivity contribution in [2.75, 3.05) is 33.1 Å². The van der Waals surface area contributed by atoms with Gasteiger partial charge in [-0.1, -0.05) is 30.3 Å². The Morgan fingerprint density at radius 1 is 1.00 bits per heavy atom. The molecular weight excluding hydrogens is 451 g/mol. The van der Waals surface area contributed by atoms with Crippen LogP contribution < -0.4 is 19.5 Å². The lowest BCUT2D eigenvalue weighted by Gasteiger charge is -2.16. The Morgan fingerprint density at radius 2 is 1.74 bits per heavy atom. The summed E-state index contributed by atoms with van der Waals surface area (Å²) in [5.74, 6) is 0.128. The molecule has 35 heavy (non-hydrogen) atoms. The minimum Gasteiger partial charge on any atom is -0.493 e. The Hall–Kier alpha value is -4.24. The van der Waals surface area contributed by atoms with Crippen molar-refractivity contribution in [3.63, 3.8) is 0 Å². The molecule has 0 radical (unpaired) electrons. The number of halogens is 1. The minimum absolute atomic E-state index is 0.142. The molecule has 0 saturated heterocycles. The van der Waals surface area contributed by atoms with Gasteiger partial charge in [-0.2, -0.15) is 0 Å². The number of aromatic nitrogens is 2. The third-order valence-electron chi connectivity index (χ3n) is 5.21. The van der Waals surface area contributed by atoms with Gasteiger partial charge in [0.1, 0.15) is 5.75 Å². The van der Waals surface area contributed by atoms with Crippen molar-refractivity contribution in [1.82, 2.24) is 14.9 Å². The average Bonchev–Trinajstić information content (AvgIpc) is 2.85. The minimum atomic E-state index is -0.717. The van der Waals surface area contributed by atoms with Crippen molar-refractivity contribution < 1.29 is 23.4 Å². The van der Waals surface area contributed by atoms with Gasteiger partial charge in [-0.15, -0.1) is 0 Å². The van der Waals surface area contributed by atoms with Gasteiger partial charge in [0.15, 0.2) is 17.3 Å². The van der Waals surface area contributed by atoms with Crippen LogP contribution in [0.15, 0.2) is 67.0 Å². The molecule has 4 rings (SSSR count). The molecule has 0 bridgehead atoms. The Bertz CT molecular complexity index is 1330. The number of pyridine rings is 2. The molecule has 0 aliphatic heterocycles. The summed E-state index contributed by atoms with van der Waals surface area (Å²) in [4.78, 5) is 22.6. The highest BCUT2D eigenvalue weighted by molar-refractivity contribution is 5.92. The molecule has 0 fully saturated rings. The van der Waals surface area contributed by atoms with E-state index in [9.17, 15) is 9.18 Å². The second kappa shape index (κ2) is 10.8. The Balaban J connectivity index is 1.45. The molecular formula is C26H25FN4O4. The molecule has 2 aromatic heterocycles. The van der Waals surface area contributed by atoms with Crippen molar-refractivity contribution in [2.45, 2.75) is 6.54 Å². The zero-order valence-corrected chi connectivity index (χ0v) is 19.6. The number of fused-ring (bicyclic) bond motifs is 1. The van der Waals surface area contributed by atoms with E-state index >= 15 is 0 Å². The van der Waals surface area contributed by atoms with Crippen LogP contribution in [0.2, 0.25) is 0 Å². The molecule has 0 aliphatic carbocycles. The number of rotatable bonds is 9. The monoisotopic (exact) mass is 476 g/mol. The van der Waals surface area contributed by atoms with Gasteiger partial charge in [0.2, 0.25) is 5.91 Å². The van der Waals surface area contributed by atoms with Crippen LogP contribution in [0.3, 0.4) is 0 Å². The number of hydrogen-bond donors (Lipinski definition) is 1. The highest BCUT2D eigenvalue weighted by Gasteiger charge is 2.15. The first-order chi connectivity index (χ1) is 17.0. The maximum Gasteiger partial charge on any atom is 0.256 e. The molecule has 1 amide bonds. The van der Waals surface area contributed by atoms with Crippen molar-refractivity contribution >= 4 is 22.5 Å². The highest BCUT2D eigenvalue weighted by atomic mass is 19.1. The molecule has 0 unspecified atom stereocenters. The van der Waals surface area contributed by atoms with E-state index in [2.05, 4.69) is 15.3 Å². The average molecular weight is 477 g/mol. The van der Waals surface area contributed by atoms with Crippen LogP contribution in [-0.2, 0) is 11.3 Å². The maximum absolute atomic E-state index is 14.8. The predicted octanol–water partition coefficient (Wildman–Crippen LogP) is 4.65. The van der Waals surface area contributed by atoms with E-state index in [1.807, 2.05) is 42.3 Å². The fourth-order valence-electron chi connectivity index (χ4n) is 3.61. The fourth-order valence-corrected chi connectivity index (χ4v) is 3.61. The number of carbonyl (C=O) groups is 1. The zero-order chi connectivity index (χ0) is 24.8. The van der Waals surface area contributed by atoms with Gasteiger partial charge in [0.05, 0.1) is 38.2 Å². The number of nitrogens with zero attached hydrogens (tertiary/aromatic N) is 3. The second-order valence-electron chi connectivity index (χ2n) is 7.85. The molecule has 0 saturated carbocycles. The number of likely N-dealkylation sites (N-methyl/N-ethyl adjacent to an activating group) is 1. The maximum atomic E-state index is 14.8. The van der Waals surface area contributed by atoms with E-state index in [1.165, 1.54) is 26.5 Å². The van der Waals surface area contributed by atoms with Crippen LogP contribution in [0.25, 0.3) is 10.9 Å². The molecule has 2 aromatic carbocycles. The Kier molecular flexibility index (Phi) is 7.37. The molecule has 2 heterocycles. The van der Waals surface area contributed by atoms with Gasteiger partial charge in [-0.25, -0.2) is 9.37 Å². The lowest BCUT2D eigenvalue weighted by Crippen LogP contribution is -2.29. The van der Waals surface area contributed by atoms with Gasteiger partial charge in [-0.05, 0) is 24.7 Å². The quantitative estimate of drug-likeness (QED) is 0.376. The summed E-state index contributed by atoms with van der Waals surface area (Å²) in [6, 6.07) is 16.0. The van der Waals surface area contributed by atoms with E-state index in [4.69, 9.17) is 14.2 Å². The van der Waals surface area contributed by atoms with Crippen molar-refractivity contribution in [1.29, 1.82) is 0 Å². The standard InChI is InChI=1S/C26H25FN4O4/c1-31(15-17-7-5-4-6-8-17)16-25(32)30-18-11-20(27)26(29-14-18)35-22-9-10-28-21-13-24(34-3)23(33-2)12-19(21)22/h4-14H,15-16H2,1-3H3,(H,30,32). The number of nitrogens with one attached hydrogen (secondary N) is 1. The topological polar surface area (TPSA) is 85.8 Å². The summed E-state index contributed by atoms with van der Waals surface area (Å²) in [5.41, 5.74) is 1.92. The van der Waals surface area contributed by atoms with E-state index in [1.54, 1.807) is 24.4 Å². The lowest BCUT2D eigenvalue weighted by atomic mass is 10.2. The van der Waals surface area contributed by atoms with E-state index in [0.29, 0.717) is 34.7 Å². The number of anilines is 1. The Labute approximate surface area is 202 Å². The number of amides is 1. The molecule has 9 heteroatoms. The molecule has 8 nitrogen and oxygen atoms in total. The summed E-state index contributed by atoms with van der Waals surface area (Å²) in [5, 5.41) is 3.27. The molecule has 0 spiro atoms. The number of methoxy groups -OCH3 is 2. The largest absolute Gasteiger partial charge is 0.493 e. The van der Waals surface area contributed by atoms with Crippen LogP contribution in [0.1, 0.15) is 5.56 Å². The van der Waals surface area contributed by atoms with Crippen LogP contribution in [-0.4, -0.2) is 48.6 Å². The smallest absolute Gasteiger partial charge is 0.256 e. The normalized spacial score (nSPS) is 10.9. The van der Waals surface area contributed by atoms with Crippen LogP contribution >= 0.6 is 0 Å². The van der Waals surface area contributed by atoms with Gasteiger partial charge >= 0.3 is 0 Å². The van der Waals surface area contributed by atoms with Crippen LogP contribution in [0.4, 0.5) is 10.1 Å². The first-order valence-electron chi connectivity index (χ1n) is 10.8. The molecule has 0 atom stereocenters. The lowest BCUT2D eigenvalue weighted by molar-refractivity contribution is -0.117. The van der Waals surface area contributed by atoms with E-state index < -0.39 is 5.82 Å². The Morgan fingerprint density at radius 3 is 2.46 bits per heavy atom. The van der Waals surface area contributed by atoms with Gasteiger partial charge in [0.25, 0.3) is 5.88 Å². The number of benzene rings is 2. The number of hydrogen-bond acceptors (Lipinski definition) is 7. The molecule has 0 aliphatic rings. The summed E-state index contributed by atoms with van der Waals surface area (Å²) in [6.45, 7) is 0.757.